The van der Waals surface area contributed by atoms with Crippen molar-refractivity contribution in [2.75, 3.05) is 7.11 Å². The molecule has 0 amide bonds. The lowest BCUT2D eigenvalue weighted by molar-refractivity contribution is 0.296. The first-order chi connectivity index (χ1) is 18.1. The van der Waals surface area contributed by atoms with Crippen molar-refractivity contribution < 1.29 is 9.47 Å². The molecule has 10 nitrogen and oxygen atoms in total. The molecule has 0 saturated heterocycles. The van der Waals surface area contributed by atoms with Crippen LogP contribution in [0.3, 0.4) is 0 Å². The third kappa shape index (κ3) is 4.72. The third-order valence-corrected chi connectivity index (χ3v) is 5.90. The molecule has 3 heterocycles. The van der Waals surface area contributed by atoms with E-state index in [4.69, 9.17) is 9.47 Å². The molecule has 6 aromatic rings. The summed E-state index contributed by atoms with van der Waals surface area (Å²) in [6, 6.07) is 22.6. The van der Waals surface area contributed by atoms with Gasteiger partial charge in [-0.3, -0.25) is 4.79 Å². The number of para-hydroxylation sites is 1. The van der Waals surface area contributed by atoms with Gasteiger partial charge < -0.3 is 14.5 Å². The van der Waals surface area contributed by atoms with Gasteiger partial charge in [-0.25, -0.2) is 9.97 Å². The lowest BCUT2D eigenvalue weighted by Crippen LogP contribution is -2.10. The predicted molar refractivity (Wildman–Crippen MR) is 137 cm³/mol. The van der Waals surface area contributed by atoms with E-state index in [1.165, 1.54) is 4.80 Å². The van der Waals surface area contributed by atoms with Crippen LogP contribution < -0.4 is 15.0 Å². The molecule has 0 aliphatic heterocycles. The summed E-state index contributed by atoms with van der Waals surface area (Å²) in [7, 11) is 1.60. The number of aromatic amines is 1. The van der Waals surface area contributed by atoms with Crippen molar-refractivity contribution in [3.05, 3.63) is 101 Å². The summed E-state index contributed by atoms with van der Waals surface area (Å²) in [4.78, 5) is 25.8. The van der Waals surface area contributed by atoms with E-state index >= 15 is 0 Å². The Morgan fingerprint density at radius 1 is 0.946 bits per heavy atom. The molecule has 182 valence electrons. The molecule has 0 bridgehead atoms. The number of fused-ring (bicyclic) bond motifs is 2. The zero-order valence-electron chi connectivity index (χ0n) is 19.8. The van der Waals surface area contributed by atoms with E-state index in [0.29, 0.717) is 34.9 Å². The second-order valence-corrected chi connectivity index (χ2v) is 8.39. The largest absolute Gasteiger partial charge is 0.497 e. The van der Waals surface area contributed by atoms with Crippen molar-refractivity contribution >= 4 is 21.8 Å². The zero-order chi connectivity index (χ0) is 25.2. The van der Waals surface area contributed by atoms with Crippen LogP contribution in [0.15, 0.2) is 83.8 Å². The van der Waals surface area contributed by atoms with Crippen LogP contribution in [0.2, 0.25) is 0 Å². The van der Waals surface area contributed by atoms with Crippen LogP contribution in [0.1, 0.15) is 11.4 Å². The van der Waals surface area contributed by atoms with Crippen molar-refractivity contribution in [1.82, 2.24) is 35.2 Å². The van der Waals surface area contributed by atoms with E-state index in [1.54, 1.807) is 31.5 Å². The monoisotopic (exact) mass is 491 g/mol. The highest BCUT2D eigenvalue weighted by Crippen LogP contribution is 2.21. The van der Waals surface area contributed by atoms with Crippen molar-refractivity contribution in [3.8, 4) is 22.9 Å². The molecule has 3 aromatic carbocycles. The van der Waals surface area contributed by atoms with E-state index < -0.39 is 0 Å². The predicted octanol–water partition coefficient (Wildman–Crippen LogP) is 3.76. The van der Waals surface area contributed by atoms with E-state index in [9.17, 15) is 4.79 Å². The van der Waals surface area contributed by atoms with Gasteiger partial charge in [0.05, 0.1) is 24.7 Å². The number of nitrogens with one attached hydrogen (secondary N) is 1. The quantitative estimate of drug-likeness (QED) is 0.358. The summed E-state index contributed by atoms with van der Waals surface area (Å²) in [5.74, 6) is 2.26. The van der Waals surface area contributed by atoms with E-state index in [2.05, 4.69) is 30.4 Å². The molecule has 0 atom stereocenters. The molecule has 0 radical (unpaired) electrons. The topological polar surface area (TPSA) is 121 Å². The van der Waals surface area contributed by atoms with Gasteiger partial charge in [0.15, 0.2) is 5.82 Å². The first kappa shape index (κ1) is 22.4. The Hall–Kier alpha value is -5.12. The van der Waals surface area contributed by atoms with Gasteiger partial charge in [-0.05, 0) is 53.2 Å². The van der Waals surface area contributed by atoms with Gasteiger partial charge in [0.2, 0.25) is 5.82 Å². The Bertz CT molecular complexity index is 1780. The number of tetrazole rings is 1. The average Bonchev–Trinajstić information content (AvgIpc) is 3.40. The molecule has 3 aromatic heterocycles. The second kappa shape index (κ2) is 9.50. The number of ether oxygens (including phenoxy) is 2. The minimum Gasteiger partial charge on any atom is -0.497 e. The number of aromatic nitrogens is 7. The van der Waals surface area contributed by atoms with Gasteiger partial charge in [-0.15, -0.1) is 10.2 Å². The number of hydrogen-bond acceptors (Lipinski definition) is 8. The SMILES string of the molecule is COc1ccc2[nH]c(=O)c(-c3nnn(Cc4ccc(OCc5ncc6ccccc6n5)cc4)n3)cc2c1. The highest BCUT2D eigenvalue weighted by atomic mass is 16.5. The average molecular weight is 492 g/mol. The van der Waals surface area contributed by atoms with Crippen LogP contribution in [0.25, 0.3) is 33.2 Å². The Balaban J connectivity index is 1.14. The van der Waals surface area contributed by atoms with Crippen LogP contribution in [0.5, 0.6) is 11.5 Å². The van der Waals surface area contributed by atoms with Crippen molar-refractivity contribution in [1.29, 1.82) is 0 Å². The molecule has 6 rings (SSSR count). The maximum absolute atomic E-state index is 12.6. The Labute approximate surface area is 210 Å². The van der Waals surface area contributed by atoms with E-state index in [0.717, 1.165) is 21.9 Å². The minimum absolute atomic E-state index is 0.251. The van der Waals surface area contributed by atoms with Crippen LogP contribution >= 0.6 is 0 Å². The molecule has 0 fully saturated rings. The molecule has 0 spiro atoms. The van der Waals surface area contributed by atoms with Crippen LogP contribution in [-0.2, 0) is 13.2 Å². The number of methoxy groups -OCH3 is 1. The van der Waals surface area contributed by atoms with E-state index in [1.807, 2.05) is 54.6 Å². The number of rotatable bonds is 7. The van der Waals surface area contributed by atoms with Crippen molar-refractivity contribution in [2.24, 2.45) is 0 Å². The highest BCUT2D eigenvalue weighted by molar-refractivity contribution is 5.83. The normalized spacial score (nSPS) is 11.2. The molecule has 0 unspecified atom stereocenters. The summed E-state index contributed by atoms with van der Waals surface area (Å²) in [5.41, 5.74) is 2.60. The fourth-order valence-corrected chi connectivity index (χ4v) is 3.98. The van der Waals surface area contributed by atoms with Crippen molar-refractivity contribution in [2.45, 2.75) is 13.2 Å². The molecule has 0 aliphatic carbocycles. The summed E-state index contributed by atoms with van der Waals surface area (Å²) >= 11 is 0. The summed E-state index contributed by atoms with van der Waals surface area (Å²) in [5, 5.41) is 14.4. The number of hydrogen-bond donors (Lipinski definition) is 1. The van der Waals surface area contributed by atoms with E-state index in [-0.39, 0.29) is 18.0 Å². The Morgan fingerprint density at radius 3 is 2.65 bits per heavy atom. The van der Waals surface area contributed by atoms with Crippen LogP contribution in [0, 0.1) is 0 Å². The fraction of sp³-hybridized carbons (Fsp3) is 0.111. The molecule has 0 saturated carbocycles. The minimum atomic E-state index is -0.283. The smallest absolute Gasteiger partial charge is 0.259 e. The standard InChI is InChI=1S/C27H21N7O3/c1-36-21-10-11-24-19(12-21)13-22(27(35)30-24)26-31-33-34(32-26)15-17-6-8-20(9-7-17)37-16-25-28-14-18-4-2-3-5-23(18)29-25/h2-14H,15-16H2,1H3,(H,30,35). The van der Waals surface area contributed by atoms with Crippen LogP contribution in [-0.4, -0.2) is 42.3 Å². The number of nitrogens with zero attached hydrogens (tertiary/aromatic N) is 6. The number of benzene rings is 3. The first-order valence-corrected chi connectivity index (χ1v) is 11.6. The summed E-state index contributed by atoms with van der Waals surface area (Å²) in [6.45, 7) is 0.657. The van der Waals surface area contributed by atoms with Gasteiger partial charge in [0, 0.05) is 22.5 Å². The lowest BCUT2D eigenvalue weighted by atomic mass is 10.1. The molecular formula is C27H21N7O3. The van der Waals surface area contributed by atoms with Gasteiger partial charge in [-0.1, -0.05) is 30.3 Å². The van der Waals surface area contributed by atoms with Gasteiger partial charge >= 0.3 is 0 Å². The molecule has 0 aliphatic rings. The Kier molecular flexibility index (Phi) is 5.74. The molecule has 1 N–H and O–H groups in total. The second-order valence-electron chi connectivity index (χ2n) is 8.39. The molecule has 37 heavy (non-hydrogen) atoms. The summed E-state index contributed by atoms with van der Waals surface area (Å²) in [6.07, 6.45) is 1.80. The molecular weight excluding hydrogens is 470 g/mol. The first-order valence-electron chi connectivity index (χ1n) is 11.6. The van der Waals surface area contributed by atoms with Gasteiger partial charge in [0.25, 0.3) is 5.56 Å². The maximum Gasteiger partial charge on any atom is 0.259 e. The third-order valence-electron chi connectivity index (χ3n) is 5.90. The molecule has 10 heteroatoms. The Morgan fingerprint density at radius 2 is 1.78 bits per heavy atom. The highest BCUT2D eigenvalue weighted by Gasteiger charge is 2.13. The van der Waals surface area contributed by atoms with Crippen molar-refractivity contribution in [3.63, 3.8) is 0 Å². The fourth-order valence-electron chi connectivity index (χ4n) is 3.98. The van der Waals surface area contributed by atoms with Gasteiger partial charge in [0.1, 0.15) is 18.1 Å². The lowest BCUT2D eigenvalue weighted by Gasteiger charge is -2.07. The number of H-pyrrole nitrogens is 1. The number of pyridine rings is 1. The van der Waals surface area contributed by atoms with Gasteiger partial charge in [-0.2, -0.15) is 4.80 Å². The maximum atomic E-state index is 12.6. The van der Waals surface area contributed by atoms with Crippen LogP contribution in [0.4, 0.5) is 0 Å². The zero-order valence-corrected chi connectivity index (χ0v) is 19.8. The summed E-state index contributed by atoms with van der Waals surface area (Å²) < 4.78 is 11.1.